The molecular formula is C16H11ClN4OS2. The third-order valence-corrected chi connectivity index (χ3v) is 5.83. The summed E-state index contributed by atoms with van der Waals surface area (Å²) in [5, 5.41) is 7.51. The number of carbonyl (C=O) groups is 1. The number of fused-ring (bicyclic) bond motifs is 3. The van der Waals surface area contributed by atoms with Crippen LogP contribution in [0.2, 0.25) is 5.02 Å². The minimum absolute atomic E-state index is 0.376. The van der Waals surface area contributed by atoms with E-state index in [0.29, 0.717) is 15.8 Å². The zero-order chi connectivity index (χ0) is 16.7. The smallest absolute Gasteiger partial charge is 0.306 e. The van der Waals surface area contributed by atoms with E-state index in [1.54, 1.807) is 29.5 Å². The lowest BCUT2D eigenvalue weighted by molar-refractivity contribution is 0.262. The molecule has 2 N–H and O–H groups in total. The van der Waals surface area contributed by atoms with Gasteiger partial charge in [0.2, 0.25) is 0 Å². The lowest BCUT2D eigenvalue weighted by Gasteiger charge is -2.06. The molecule has 4 rings (SSSR count). The first-order chi connectivity index (χ1) is 11.6. The molecule has 0 aliphatic rings. The lowest BCUT2D eigenvalue weighted by Crippen LogP contribution is -2.19. The molecule has 0 saturated heterocycles. The Labute approximate surface area is 150 Å². The molecule has 5 nitrogen and oxygen atoms in total. The van der Waals surface area contributed by atoms with E-state index in [9.17, 15) is 4.79 Å². The maximum atomic E-state index is 12.2. The Bertz CT molecular complexity index is 1070. The molecule has 0 unspecified atom stereocenters. The highest BCUT2D eigenvalue weighted by Gasteiger charge is 2.13. The second-order valence-electron chi connectivity index (χ2n) is 5.07. The molecule has 4 aromatic rings. The third kappa shape index (κ3) is 2.82. The van der Waals surface area contributed by atoms with Crippen LogP contribution in [0.4, 0.5) is 15.6 Å². The third-order valence-electron chi connectivity index (χ3n) is 3.36. The standard InChI is InChI=1S/C16H11ClN4OS2/c1-8-18-11-6-7-12-14(13(11)23-8)24-16(20-12)21-15(22)19-10-5-3-2-4-9(10)17/h2-7H,1H3,(H2,19,20,21,22). The molecule has 0 fully saturated rings. The van der Waals surface area contributed by atoms with Crippen LogP contribution in [0.3, 0.4) is 0 Å². The van der Waals surface area contributed by atoms with Crippen LogP contribution in [0.1, 0.15) is 5.01 Å². The number of hydrogen-bond donors (Lipinski definition) is 2. The molecular weight excluding hydrogens is 364 g/mol. The largest absolute Gasteiger partial charge is 0.325 e. The predicted octanol–water partition coefficient (Wildman–Crippen LogP) is 5.51. The highest BCUT2D eigenvalue weighted by molar-refractivity contribution is 7.28. The van der Waals surface area contributed by atoms with E-state index in [4.69, 9.17) is 11.6 Å². The number of amides is 2. The van der Waals surface area contributed by atoms with Gasteiger partial charge in [0.15, 0.2) is 5.13 Å². The van der Waals surface area contributed by atoms with Gasteiger partial charge in [-0.1, -0.05) is 35.1 Å². The van der Waals surface area contributed by atoms with Crippen molar-refractivity contribution >= 4 is 71.6 Å². The molecule has 0 bridgehead atoms. The van der Waals surface area contributed by atoms with Crippen molar-refractivity contribution in [2.45, 2.75) is 6.92 Å². The van der Waals surface area contributed by atoms with Gasteiger partial charge in [-0.3, -0.25) is 5.32 Å². The first-order valence-corrected chi connectivity index (χ1v) is 9.10. The molecule has 0 radical (unpaired) electrons. The Morgan fingerprint density at radius 1 is 1.00 bits per heavy atom. The highest BCUT2D eigenvalue weighted by Crippen LogP contribution is 2.35. The van der Waals surface area contributed by atoms with Crippen LogP contribution >= 0.6 is 34.3 Å². The quantitative estimate of drug-likeness (QED) is 0.486. The molecule has 2 aromatic carbocycles. The Morgan fingerprint density at radius 2 is 1.71 bits per heavy atom. The predicted molar refractivity (Wildman–Crippen MR) is 102 cm³/mol. The molecule has 2 heterocycles. The number of nitrogens with one attached hydrogen (secondary N) is 2. The summed E-state index contributed by atoms with van der Waals surface area (Å²) < 4.78 is 2.13. The fourth-order valence-electron chi connectivity index (χ4n) is 2.35. The SMILES string of the molecule is Cc1nc2ccc3nc(NC(=O)Nc4ccccc4Cl)sc3c2s1. The molecule has 0 aliphatic heterocycles. The van der Waals surface area contributed by atoms with Crippen LogP contribution in [0.15, 0.2) is 36.4 Å². The number of para-hydroxylation sites is 1. The van der Waals surface area contributed by atoms with Crippen LogP contribution in [0, 0.1) is 6.92 Å². The number of urea groups is 1. The highest BCUT2D eigenvalue weighted by atomic mass is 35.5. The van der Waals surface area contributed by atoms with Crippen LogP contribution < -0.4 is 10.6 Å². The average Bonchev–Trinajstić information content (AvgIpc) is 3.11. The molecule has 0 saturated carbocycles. The normalized spacial score (nSPS) is 11.1. The monoisotopic (exact) mass is 374 g/mol. The van der Waals surface area contributed by atoms with E-state index >= 15 is 0 Å². The number of rotatable bonds is 2. The Balaban J connectivity index is 1.61. The van der Waals surface area contributed by atoms with E-state index in [1.807, 2.05) is 25.1 Å². The number of benzene rings is 2. The zero-order valence-corrected chi connectivity index (χ0v) is 14.9. The summed E-state index contributed by atoms with van der Waals surface area (Å²) in [5.74, 6) is 0. The topological polar surface area (TPSA) is 66.9 Å². The van der Waals surface area contributed by atoms with E-state index in [0.717, 1.165) is 25.4 Å². The number of thiazole rings is 2. The second-order valence-corrected chi connectivity index (χ2v) is 7.68. The van der Waals surface area contributed by atoms with Crippen molar-refractivity contribution in [2.75, 3.05) is 10.6 Å². The van der Waals surface area contributed by atoms with Gasteiger partial charge in [-0.15, -0.1) is 11.3 Å². The maximum Gasteiger partial charge on any atom is 0.325 e. The summed E-state index contributed by atoms with van der Waals surface area (Å²) in [6.07, 6.45) is 0. The summed E-state index contributed by atoms with van der Waals surface area (Å²) in [7, 11) is 0. The Hall–Kier alpha value is -2.22. The molecule has 8 heteroatoms. The van der Waals surface area contributed by atoms with Gasteiger partial charge < -0.3 is 5.32 Å². The van der Waals surface area contributed by atoms with Gasteiger partial charge in [0.1, 0.15) is 0 Å². The fraction of sp³-hybridized carbons (Fsp3) is 0.0625. The zero-order valence-electron chi connectivity index (χ0n) is 12.5. The lowest BCUT2D eigenvalue weighted by atomic mass is 10.3. The first kappa shape index (κ1) is 15.3. The van der Waals surface area contributed by atoms with Gasteiger partial charge >= 0.3 is 6.03 Å². The van der Waals surface area contributed by atoms with Crippen LogP contribution in [0.5, 0.6) is 0 Å². The molecule has 120 valence electrons. The second kappa shape index (κ2) is 6.01. The van der Waals surface area contributed by atoms with Crippen molar-refractivity contribution < 1.29 is 4.79 Å². The number of aromatic nitrogens is 2. The van der Waals surface area contributed by atoms with Crippen LogP contribution in [-0.2, 0) is 0 Å². The molecule has 2 aromatic heterocycles. The van der Waals surface area contributed by atoms with Crippen molar-refractivity contribution in [2.24, 2.45) is 0 Å². The minimum atomic E-state index is -0.376. The summed E-state index contributed by atoms with van der Waals surface area (Å²) in [5.41, 5.74) is 2.36. The van der Waals surface area contributed by atoms with E-state index in [2.05, 4.69) is 20.6 Å². The van der Waals surface area contributed by atoms with Crippen molar-refractivity contribution in [3.05, 3.63) is 46.4 Å². The van der Waals surface area contributed by atoms with Crippen molar-refractivity contribution in [3.63, 3.8) is 0 Å². The van der Waals surface area contributed by atoms with Crippen molar-refractivity contribution in [1.29, 1.82) is 0 Å². The minimum Gasteiger partial charge on any atom is -0.306 e. The van der Waals surface area contributed by atoms with Crippen molar-refractivity contribution in [1.82, 2.24) is 9.97 Å². The molecule has 0 aliphatic carbocycles. The van der Waals surface area contributed by atoms with E-state index < -0.39 is 0 Å². The number of anilines is 2. The first-order valence-electron chi connectivity index (χ1n) is 7.09. The van der Waals surface area contributed by atoms with E-state index in [-0.39, 0.29) is 6.03 Å². The molecule has 0 atom stereocenters. The number of hydrogen-bond acceptors (Lipinski definition) is 5. The van der Waals surface area contributed by atoms with E-state index in [1.165, 1.54) is 11.3 Å². The molecule has 2 amide bonds. The van der Waals surface area contributed by atoms with Gasteiger partial charge in [0.05, 0.1) is 36.2 Å². The average molecular weight is 375 g/mol. The number of aryl methyl sites for hydroxylation is 1. The number of carbonyl (C=O) groups excluding carboxylic acids is 1. The van der Waals surface area contributed by atoms with Gasteiger partial charge in [-0.05, 0) is 31.2 Å². The maximum absolute atomic E-state index is 12.2. The number of halogens is 1. The summed E-state index contributed by atoms with van der Waals surface area (Å²) >= 11 is 9.11. The van der Waals surface area contributed by atoms with Crippen LogP contribution in [-0.4, -0.2) is 16.0 Å². The summed E-state index contributed by atoms with van der Waals surface area (Å²) in [6.45, 7) is 1.98. The summed E-state index contributed by atoms with van der Waals surface area (Å²) in [6, 6.07) is 10.6. The number of nitrogens with zero attached hydrogens (tertiary/aromatic N) is 2. The molecule has 0 spiro atoms. The van der Waals surface area contributed by atoms with Crippen molar-refractivity contribution in [3.8, 4) is 0 Å². The fourth-order valence-corrected chi connectivity index (χ4v) is 4.54. The van der Waals surface area contributed by atoms with Gasteiger partial charge in [0, 0.05) is 0 Å². The Kier molecular flexibility index (Phi) is 3.84. The summed E-state index contributed by atoms with van der Waals surface area (Å²) in [4.78, 5) is 21.1. The van der Waals surface area contributed by atoms with Gasteiger partial charge in [0.25, 0.3) is 0 Å². The van der Waals surface area contributed by atoms with Gasteiger partial charge in [-0.2, -0.15) is 0 Å². The van der Waals surface area contributed by atoms with Crippen LogP contribution in [0.25, 0.3) is 20.4 Å². The van der Waals surface area contributed by atoms with Gasteiger partial charge in [-0.25, -0.2) is 14.8 Å². The molecule has 24 heavy (non-hydrogen) atoms. The Morgan fingerprint density at radius 3 is 2.50 bits per heavy atom.